The van der Waals surface area contributed by atoms with Crippen LogP contribution in [0.3, 0.4) is 0 Å². The van der Waals surface area contributed by atoms with Gasteiger partial charge in [-0.2, -0.15) is 13.2 Å². The lowest BCUT2D eigenvalue weighted by molar-refractivity contribution is -0.141. The van der Waals surface area contributed by atoms with Gasteiger partial charge in [0.15, 0.2) is 6.61 Å². The van der Waals surface area contributed by atoms with Gasteiger partial charge in [0.25, 0.3) is 5.91 Å². The van der Waals surface area contributed by atoms with Crippen LogP contribution in [0.2, 0.25) is 0 Å². The highest BCUT2D eigenvalue weighted by Crippen LogP contribution is 2.31. The molecule has 0 atom stereocenters. The van der Waals surface area contributed by atoms with Gasteiger partial charge in [-0.05, 0) is 57.2 Å². The van der Waals surface area contributed by atoms with Crippen LogP contribution in [-0.2, 0) is 15.7 Å². The molecule has 3 rings (SSSR count). The number of carbonyl (C=O) groups is 3. The summed E-state index contributed by atoms with van der Waals surface area (Å²) in [6, 6.07) is 9.75. The number of carbonyl (C=O) groups excluding carboxylic acids is 3. The fourth-order valence-electron chi connectivity index (χ4n) is 3.33. The molecule has 0 bridgehead atoms. The quantitative estimate of drug-likeness (QED) is 0.397. The van der Waals surface area contributed by atoms with Crippen molar-refractivity contribution in [3.8, 4) is 5.69 Å². The number of esters is 1. The Balaban J connectivity index is 1.64. The zero-order chi connectivity index (χ0) is 24.3. The molecule has 0 spiro atoms. The Morgan fingerprint density at radius 1 is 1.06 bits per heavy atom. The second kappa shape index (κ2) is 9.62. The smallest absolute Gasteiger partial charge is 0.416 e. The molecule has 174 valence electrons. The van der Waals surface area contributed by atoms with Crippen LogP contribution < -0.4 is 5.32 Å². The number of rotatable bonds is 7. The van der Waals surface area contributed by atoms with Gasteiger partial charge in [-0.15, -0.1) is 11.3 Å². The Labute approximate surface area is 192 Å². The topological polar surface area (TPSA) is 77.4 Å². The van der Waals surface area contributed by atoms with Crippen molar-refractivity contribution in [2.45, 2.75) is 26.9 Å². The Kier molecular flexibility index (Phi) is 7.06. The summed E-state index contributed by atoms with van der Waals surface area (Å²) in [5, 5.41) is 2.43. The highest BCUT2D eigenvalue weighted by atomic mass is 32.1. The van der Waals surface area contributed by atoms with Gasteiger partial charge < -0.3 is 14.6 Å². The lowest BCUT2D eigenvalue weighted by Crippen LogP contribution is -2.31. The van der Waals surface area contributed by atoms with Crippen LogP contribution in [-0.4, -0.2) is 35.4 Å². The Bertz CT molecular complexity index is 1210. The Morgan fingerprint density at radius 3 is 2.42 bits per heavy atom. The Hall–Kier alpha value is -3.40. The normalized spacial score (nSPS) is 11.3. The molecule has 2 heterocycles. The summed E-state index contributed by atoms with van der Waals surface area (Å²) in [6.45, 7) is 4.17. The number of hydrogen-bond acceptors (Lipinski definition) is 5. The lowest BCUT2D eigenvalue weighted by Gasteiger charge is -2.13. The molecule has 0 aliphatic heterocycles. The number of hydrogen-bond donors (Lipinski definition) is 1. The molecule has 0 aliphatic carbocycles. The van der Waals surface area contributed by atoms with Crippen LogP contribution in [0.4, 0.5) is 13.2 Å². The maximum absolute atomic E-state index is 13.1. The van der Waals surface area contributed by atoms with Crippen molar-refractivity contribution in [2.75, 3.05) is 13.2 Å². The van der Waals surface area contributed by atoms with Gasteiger partial charge in [0, 0.05) is 27.5 Å². The largest absolute Gasteiger partial charge is 0.456 e. The first-order chi connectivity index (χ1) is 15.5. The number of nitrogens with zero attached hydrogens (tertiary/aromatic N) is 1. The van der Waals surface area contributed by atoms with Gasteiger partial charge in [-0.1, -0.05) is 6.07 Å². The first-order valence-corrected chi connectivity index (χ1v) is 10.7. The number of ketones is 1. The zero-order valence-corrected chi connectivity index (χ0v) is 18.9. The lowest BCUT2D eigenvalue weighted by atomic mass is 10.1. The fraction of sp³-hybridized carbons (Fsp3) is 0.261. The van der Waals surface area contributed by atoms with Crippen molar-refractivity contribution in [1.29, 1.82) is 0 Å². The van der Waals surface area contributed by atoms with Crippen LogP contribution in [0.15, 0.2) is 42.5 Å². The highest BCUT2D eigenvalue weighted by molar-refractivity contribution is 7.13. The summed E-state index contributed by atoms with van der Waals surface area (Å²) < 4.78 is 45.7. The SMILES string of the molecule is Cc1ccc(C(=O)NCC(=O)OCC(=O)c2cc(C)n(-c3cccc(C(F)(F)F)c3)c2C)s1. The van der Waals surface area contributed by atoms with Crippen molar-refractivity contribution >= 4 is 29.0 Å². The second-order valence-electron chi connectivity index (χ2n) is 7.35. The van der Waals surface area contributed by atoms with Crippen molar-refractivity contribution in [3.63, 3.8) is 0 Å². The number of alkyl halides is 3. The van der Waals surface area contributed by atoms with E-state index >= 15 is 0 Å². The zero-order valence-electron chi connectivity index (χ0n) is 18.1. The van der Waals surface area contributed by atoms with Crippen LogP contribution in [0, 0.1) is 20.8 Å². The van der Waals surface area contributed by atoms with Crippen LogP contribution >= 0.6 is 11.3 Å². The minimum Gasteiger partial charge on any atom is -0.456 e. The molecule has 0 saturated carbocycles. The summed E-state index contributed by atoms with van der Waals surface area (Å²) in [5.41, 5.74) is 0.682. The average molecular weight is 478 g/mol. The minimum absolute atomic E-state index is 0.232. The van der Waals surface area contributed by atoms with E-state index in [0.717, 1.165) is 17.0 Å². The van der Waals surface area contributed by atoms with E-state index in [2.05, 4.69) is 5.32 Å². The number of benzene rings is 1. The standard InChI is InChI=1S/C23H21F3N2O4S/c1-13-9-18(15(3)28(13)17-6-4-5-16(10-17)23(24,25)26)19(29)12-32-21(30)11-27-22(31)20-8-7-14(2)33-20/h4-10H,11-12H2,1-3H3,(H,27,31). The first-order valence-electron chi connectivity index (χ1n) is 9.87. The Morgan fingerprint density at radius 2 is 1.79 bits per heavy atom. The second-order valence-corrected chi connectivity index (χ2v) is 8.63. The van der Waals surface area contributed by atoms with Gasteiger partial charge in [0.1, 0.15) is 6.54 Å². The van der Waals surface area contributed by atoms with Crippen molar-refractivity contribution < 1.29 is 32.3 Å². The average Bonchev–Trinajstić information content (AvgIpc) is 3.32. The molecular weight excluding hydrogens is 457 g/mol. The third kappa shape index (κ3) is 5.70. The van der Waals surface area contributed by atoms with E-state index in [9.17, 15) is 27.6 Å². The van der Waals surface area contributed by atoms with E-state index in [0.29, 0.717) is 16.3 Å². The summed E-state index contributed by atoms with van der Waals surface area (Å²) in [5.74, 6) is -1.70. The van der Waals surface area contributed by atoms with Crippen LogP contribution in [0.1, 0.15) is 41.9 Å². The molecule has 1 N–H and O–H groups in total. The molecule has 0 radical (unpaired) electrons. The molecule has 0 aliphatic rings. The number of aromatic nitrogens is 1. The predicted molar refractivity (Wildman–Crippen MR) is 117 cm³/mol. The summed E-state index contributed by atoms with van der Waals surface area (Å²) in [7, 11) is 0. The highest BCUT2D eigenvalue weighted by Gasteiger charge is 2.31. The fourth-order valence-corrected chi connectivity index (χ4v) is 4.12. The number of ether oxygens (including phenoxy) is 1. The molecule has 1 amide bonds. The number of amides is 1. The van der Waals surface area contributed by atoms with Gasteiger partial charge in [-0.25, -0.2) is 0 Å². The third-order valence-electron chi connectivity index (χ3n) is 4.88. The van der Waals surface area contributed by atoms with Crippen LogP contribution in [0.5, 0.6) is 0 Å². The van der Waals surface area contributed by atoms with Gasteiger partial charge >= 0.3 is 12.1 Å². The molecule has 33 heavy (non-hydrogen) atoms. The number of thiophene rings is 1. The van der Waals surface area contributed by atoms with Gasteiger partial charge in [0.2, 0.25) is 5.78 Å². The predicted octanol–water partition coefficient (Wildman–Crippen LogP) is 4.64. The maximum atomic E-state index is 13.1. The van der Waals surface area contributed by atoms with Gasteiger partial charge in [0.05, 0.1) is 10.4 Å². The third-order valence-corrected chi connectivity index (χ3v) is 5.88. The molecule has 6 nitrogen and oxygen atoms in total. The molecular formula is C23H21F3N2O4S. The molecule has 1 aromatic carbocycles. The number of Topliss-reactive ketones (excluding diaryl/α,β-unsaturated/α-hetero) is 1. The van der Waals surface area contributed by atoms with Crippen molar-refractivity contribution in [1.82, 2.24) is 9.88 Å². The monoisotopic (exact) mass is 478 g/mol. The van der Waals surface area contributed by atoms with Crippen LogP contribution in [0.25, 0.3) is 5.69 Å². The van der Waals surface area contributed by atoms with E-state index in [1.54, 1.807) is 26.0 Å². The van der Waals surface area contributed by atoms with E-state index in [4.69, 9.17) is 4.74 Å². The minimum atomic E-state index is -4.49. The summed E-state index contributed by atoms with van der Waals surface area (Å²) in [4.78, 5) is 37.9. The number of aryl methyl sites for hydroxylation is 2. The first kappa shape index (κ1) is 24.2. The number of halogens is 3. The van der Waals surface area contributed by atoms with Gasteiger partial charge in [-0.3, -0.25) is 14.4 Å². The van der Waals surface area contributed by atoms with E-state index in [1.807, 2.05) is 6.92 Å². The molecule has 3 aromatic rings. The molecule has 2 aromatic heterocycles. The van der Waals surface area contributed by atoms with Crippen molar-refractivity contribution in [3.05, 3.63) is 74.7 Å². The van der Waals surface area contributed by atoms with Crippen molar-refractivity contribution in [2.24, 2.45) is 0 Å². The van der Waals surface area contributed by atoms with E-state index in [1.165, 1.54) is 34.1 Å². The molecule has 10 heteroatoms. The maximum Gasteiger partial charge on any atom is 0.416 e. The summed E-state index contributed by atoms with van der Waals surface area (Å²) in [6.07, 6.45) is -4.49. The summed E-state index contributed by atoms with van der Waals surface area (Å²) >= 11 is 1.29. The molecule has 0 fully saturated rings. The number of nitrogens with one attached hydrogen (secondary N) is 1. The van der Waals surface area contributed by atoms with E-state index < -0.39 is 42.6 Å². The van der Waals surface area contributed by atoms with E-state index in [-0.39, 0.29) is 11.3 Å². The molecule has 0 saturated heterocycles. The molecule has 0 unspecified atom stereocenters.